The zero-order valence-corrected chi connectivity index (χ0v) is 13.7. The molecule has 0 saturated heterocycles. The lowest BCUT2D eigenvalue weighted by Gasteiger charge is -2.11. The van der Waals surface area contributed by atoms with Crippen LogP contribution < -0.4 is 5.32 Å². The fourth-order valence-electron chi connectivity index (χ4n) is 3.00. The molecule has 0 aliphatic heterocycles. The zero-order chi connectivity index (χ0) is 18.3. The van der Waals surface area contributed by atoms with Gasteiger partial charge in [0.15, 0.2) is 11.5 Å². The van der Waals surface area contributed by atoms with Gasteiger partial charge < -0.3 is 5.32 Å². The van der Waals surface area contributed by atoms with E-state index in [0.717, 1.165) is 22.5 Å². The molecule has 2 N–H and O–H groups in total. The van der Waals surface area contributed by atoms with Gasteiger partial charge in [-0.15, -0.1) is 0 Å². The van der Waals surface area contributed by atoms with Crippen molar-refractivity contribution in [3.05, 3.63) is 59.4 Å². The Labute approximate surface area is 146 Å². The number of aryl methyl sites for hydroxylation is 1. The van der Waals surface area contributed by atoms with Gasteiger partial charge >= 0.3 is 6.18 Å². The van der Waals surface area contributed by atoms with E-state index in [9.17, 15) is 13.2 Å². The molecule has 132 valence electrons. The summed E-state index contributed by atoms with van der Waals surface area (Å²) in [6, 6.07) is 10.5. The average molecular weight is 357 g/mol. The number of benzene rings is 1. The predicted octanol–water partition coefficient (Wildman–Crippen LogP) is 4.45. The number of aromatic nitrogens is 4. The van der Waals surface area contributed by atoms with Crippen molar-refractivity contribution in [2.45, 2.75) is 19.6 Å². The van der Waals surface area contributed by atoms with Crippen LogP contribution in [0.4, 0.5) is 19.0 Å². The van der Waals surface area contributed by atoms with Crippen molar-refractivity contribution in [1.82, 2.24) is 20.2 Å². The summed E-state index contributed by atoms with van der Waals surface area (Å²) in [4.78, 5) is 8.46. The van der Waals surface area contributed by atoms with Crippen molar-refractivity contribution >= 4 is 27.8 Å². The van der Waals surface area contributed by atoms with Gasteiger partial charge in [-0.1, -0.05) is 24.3 Å². The minimum Gasteiger partial charge on any atom is -0.364 e. The Morgan fingerprint density at radius 2 is 1.96 bits per heavy atom. The van der Waals surface area contributed by atoms with Crippen LogP contribution >= 0.6 is 0 Å². The van der Waals surface area contributed by atoms with Crippen LogP contribution in [0.15, 0.2) is 42.6 Å². The van der Waals surface area contributed by atoms with Gasteiger partial charge in [0.1, 0.15) is 0 Å². The molecule has 0 fully saturated rings. The number of fused-ring (bicyclic) bond motifs is 2. The molecular weight excluding hydrogens is 343 g/mol. The van der Waals surface area contributed by atoms with E-state index < -0.39 is 11.7 Å². The van der Waals surface area contributed by atoms with Crippen LogP contribution in [0.5, 0.6) is 0 Å². The summed E-state index contributed by atoms with van der Waals surface area (Å²) >= 11 is 0. The predicted molar refractivity (Wildman–Crippen MR) is 92.7 cm³/mol. The van der Waals surface area contributed by atoms with Crippen molar-refractivity contribution in [1.29, 1.82) is 0 Å². The van der Waals surface area contributed by atoms with Crippen molar-refractivity contribution in [2.75, 3.05) is 5.32 Å². The van der Waals surface area contributed by atoms with Crippen LogP contribution in [-0.2, 0) is 12.7 Å². The molecule has 0 aliphatic carbocycles. The average Bonchev–Trinajstić information content (AvgIpc) is 3.01. The molecule has 1 aromatic carbocycles. The van der Waals surface area contributed by atoms with Gasteiger partial charge in [-0.05, 0) is 24.6 Å². The lowest BCUT2D eigenvalue weighted by Crippen LogP contribution is -2.08. The first-order valence-electron chi connectivity index (χ1n) is 7.93. The van der Waals surface area contributed by atoms with E-state index >= 15 is 0 Å². The van der Waals surface area contributed by atoms with Crippen LogP contribution in [0.25, 0.3) is 21.9 Å². The van der Waals surface area contributed by atoms with E-state index in [1.165, 1.54) is 6.92 Å². The van der Waals surface area contributed by atoms with Gasteiger partial charge in [-0.2, -0.15) is 18.3 Å². The lowest BCUT2D eigenvalue weighted by atomic mass is 10.1. The Morgan fingerprint density at radius 3 is 2.77 bits per heavy atom. The Balaban J connectivity index is 1.74. The monoisotopic (exact) mass is 357 g/mol. The Bertz CT molecular complexity index is 1100. The highest BCUT2D eigenvalue weighted by atomic mass is 19.4. The first-order valence-corrected chi connectivity index (χ1v) is 7.93. The van der Waals surface area contributed by atoms with Crippen molar-refractivity contribution in [2.24, 2.45) is 0 Å². The maximum atomic E-state index is 13.4. The molecule has 0 spiro atoms. The lowest BCUT2D eigenvalue weighted by molar-refractivity contribution is -0.136. The van der Waals surface area contributed by atoms with Crippen LogP contribution in [0, 0.1) is 6.92 Å². The molecule has 0 saturated carbocycles. The highest BCUT2D eigenvalue weighted by Gasteiger charge is 2.35. The second kappa shape index (κ2) is 5.98. The quantitative estimate of drug-likeness (QED) is 0.569. The second-order valence-corrected chi connectivity index (χ2v) is 5.95. The first-order chi connectivity index (χ1) is 12.4. The molecule has 3 heterocycles. The molecule has 0 unspecified atom stereocenters. The summed E-state index contributed by atoms with van der Waals surface area (Å²) < 4.78 is 40.3. The van der Waals surface area contributed by atoms with Gasteiger partial charge in [0.2, 0.25) is 0 Å². The summed E-state index contributed by atoms with van der Waals surface area (Å²) in [5.74, 6) is 0.118. The first kappa shape index (κ1) is 16.3. The normalized spacial score (nSPS) is 12.0. The number of pyridine rings is 2. The third-order valence-electron chi connectivity index (χ3n) is 4.13. The Kier molecular flexibility index (Phi) is 3.75. The van der Waals surface area contributed by atoms with Crippen molar-refractivity contribution < 1.29 is 13.2 Å². The molecule has 4 rings (SSSR count). The largest absolute Gasteiger partial charge is 0.417 e. The number of nitrogens with one attached hydrogen (secondary N) is 2. The zero-order valence-electron chi connectivity index (χ0n) is 13.7. The van der Waals surface area contributed by atoms with Crippen LogP contribution in [-0.4, -0.2) is 20.2 Å². The summed E-state index contributed by atoms with van der Waals surface area (Å²) in [5, 5.41) is 10.5. The molecule has 3 aromatic heterocycles. The summed E-state index contributed by atoms with van der Waals surface area (Å²) in [5.41, 5.74) is 1.29. The number of H-pyrrole nitrogens is 1. The van der Waals surface area contributed by atoms with E-state index in [2.05, 4.69) is 25.5 Å². The minimum absolute atomic E-state index is 0.0590. The van der Waals surface area contributed by atoms with Crippen molar-refractivity contribution in [3.63, 3.8) is 0 Å². The molecular formula is C18H14F3N5. The fraction of sp³-hybridized carbons (Fsp3) is 0.167. The van der Waals surface area contributed by atoms with E-state index in [0.29, 0.717) is 6.54 Å². The number of anilines is 1. The van der Waals surface area contributed by atoms with Crippen LogP contribution in [0.3, 0.4) is 0 Å². The third-order valence-corrected chi connectivity index (χ3v) is 4.13. The van der Waals surface area contributed by atoms with Gasteiger partial charge in [-0.25, -0.2) is 4.98 Å². The van der Waals surface area contributed by atoms with Crippen LogP contribution in [0.2, 0.25) is 0 Å². The smallest absolute Gasteiger partial charge is 0.364 e. The summed E-state index contributed by atoms with van der Waals surface area (Å²) in [6.45, 7) is 1.81. The minimum atomic E-state index is -4.49. The van der Waals surface area contributed by atoms with Gasteiger partial charge in [-0.3, -0.25) is 10.1 Å². The number of hydrogen-bond donors (Lipinski definition) is 2. The molecule has 0 aliphatic rings. The molecule has 8 heteroatoms. The Hall–Kier alpha value is -3.16. The molecule has 0 bridgehead atoms. The number of hydrogen-bond acceptors (Lipinski definition) is 4. The molecule has 26 heavy (non-hydrogen) atoms. The van der Waals surface area contributed by atoms with E-state index in [1.807, 2.05) is 30.3 Å². The maximum absolute atomic E-state index is 13.4. The van der Waals surface area contributed by atoms with E-state index in [-0.39, 0.29) is 22.5 Å². The number of nitrogens with zero attached hydrogens (tertiary/aromatic N) is 3. The summed E-state index contributed by atoms with van der Waals surface area (Å²) in [6.07, 6.45) is -2.81. The molecule has 0 amide bonds. The van der Waals surface area contributed by atoms with Crippen molar-refractivity contribution in [3.8, 4) is 0 Å². The van der Waals surface area contributed by atoms with Gasteiger partial charge in [0, 0.05) is 23.8 Å². The second-order valence-electron chi connectivity index (χ2n) is 5.95. The molecule has 0 radical (unpaired) electrons. The highest BCUT2D eigenvalue weighted by molar-refractivity contribution is 5.91. The molecule has 0 atom stereocenters. The SMILES string of the molecule is Cc1cc(C(F)(F)F)c2c(NCc3cccc4cccnc34)n[nH]c2n1. The number of halogens is 3. The number of alkyl halides is 3. The third kappa shape index (κ3) is 2.83. The maximum Gasteiger partial charge on any atom is 0.417 e. The molecule has 4 aromatic rings. The number of rotatable bonds is 3. The topological polar surface area (TPSA) is 66.5 Å². The number of para-hydroxylation sites is 1. The molecule has 5 nitrogen and oxygen atoms in total. The van der Waals surface area contributed by atoms with Gasteiger partial charge in [0.05, 0.1) is 16.5 Å². The van der Waals surface area contributed by atoms with E-state index in [4.69, 9.17) is 0 Å². The number of aromatic amines is 1. The van der Waals surface area contributed by atoms with Gasteiger partial charge in [0.25, 0.3) is 0 Å². The highest BCUT2D eigenvalue weighted by Crippen LogP contribution is 2.37. The standard InChI is InChI=1S/C18H14F3N5/c1-10-8-13(18(19,20)21)14-16(25-26-17(14)24-10)23-9-12-5-2-4-11-6-3-7-22-15(11)12/h2-8H,9H2,1H3,(H2,23,24,25,26). The summed E-state index contributed by atoms with van der Waals surface area (Å²) in [7, 11) is 0. The fourth-order valence-corrected chi connectivity index (χ4v) is 3.00. The van der Waals surface area contributed by atoms with E-state index in [1.54, 1.807) is 6.20 Å². The Morgan fingerprint density at radius 1 is 1.15 bits per heavy atom. The van der Waals surface area contributed by atoms with Crippen LogP contribution in [0.1, 0.15) is 16.8 Å².